The van der Waals surface area contributed by atoms with Gasteiger partial charge in [0.25, 0.3) is 0 Å². The summed E-state index contributed by atoms with van der Waals surface area (Å²) in [4.78, 5) is 14.6. The zero-order valence-electron chi connectivity index (χ0n) is 5.74. The molecule has 2 rings (SSSR count). The van der Waals surface area contributed by atoms with Crippen molar-refractivity contribution in [3.63, 3.8) is 0 Å². The lowest BCUT2D eigenvalue weighted by atomic mass is 10.2. The van der Waals surface area contributed by atoms with Crippen LogP contribution in [0.5, 0.6) is 0 Å². The molecule has 0 saturated heterocycles. The summed E-state index contributed by atoms with van der Waals surface area (Å²) in [6.45, 7) is 0. The SMILES string of the molecule is NC(=O)C1=CC2=CN=CC2=C1. The lowest BCUT2D eigenvalue weighted by Gasteiger charge is -1.86. The van der Waals surface area contributed by atoms with Crippen LogP contribution >= 0.6 is 0 Å². The second-order valence-corrected chi connectivity index (χ2v) is 2.43. The molecule has 0 aromatic heterocycles. The fourth-order valence-electron chi connectivity index (χ4n) is 1.11. The Balaban J connectivity index is 2.41. The quantitative estimate of drug-likeness (QED) is 0.568. The van der Waals surface area contributed by atoms with Gasteiger partial charge in [0.05, 0.1) is 0 Å². The summed E-state index contributed by atoms with van der Waals surface area (Å²) in [5.74, 6) is -0.388. The lowest BCUT2D eigenvalue weighted by molar-refractivity contribution is -0.114. The number of carbonyl (C=O) groups excluding carboxylic acids is 1. The first-order chi connectivity index (χ1) is 5.27. The van der Waals surface area contributed by atoms with E-state index in [0.29, 0.717) is 5.57 Å². The van der Waals surface area contributed by atoms with E-state index in [4.69, 9.17) is 5.73 Å². The number of carbonyl (C=O) groups is 1. The molecule has 3 heteroatoms. The highest BCUT2D eigenvalue weighted by Gasteiger charge is 2.16. The van der Waals surface area contributed by atoms with Crippen molar-refractivity contribution in [2.24, 2.45) is 10.7 Å². The molecule has 11 heavy (non-hydrogen) atoms. The minimum Gasteiger partial charge on any atom is -0.366 e. The summed E-state index contributed by atoms with van der Waals surface area (Å²) in [5, 5.41) is 0. The molecule has 0 aromatic rings. The van der Waals surface area contributed by atoms with Crippen molar-refractivity contribution in [1.82, 2.24) is 0 Å². The van der Waals surface area contributed by atoms with E-state index in [9.17, 15) is 4.79 Å². The molecule has 2 N–H and O–H groups in total. The number of hydrogen-bond donors (Lipinski definition) is 1. The molecule has 0 aromatic carbocycles. The van der Waals surface area contributed by atoms with Crippen LogP contribution in [0.15, 0.2) is 40.1 Å². The normalized spacial score (nSPS) is 19.1. The zero-order chi connectivity index (χ0) is 7.84. The Labute approximate surface area is 63.6 Å². The van der Waals surface area contributed by atoms with Gasteiger partial charge in [0.15, 0.2) is 0 Å². The number of nitrogens with two attached hydrogens (primary N) is 1. The fraction of sp³-hybridized carbons (Fsp3) is 0. The van der Waals surface area contributed by atoms with E-state index in [1.54, 1.807) is 24.6 Å². The maximum Gasteiger partial charge on any atom is 0.248 e. The van der Waals surface area contributed by atoms with Crippen molar-refractivity contribution in [3.8, 4) is 0 Å². The third kappa shape index (κ3) is 0.816. The van der Waals surface area contributed by atoms with Gasteiger partial charge in [0, 0.05) is 29.1 Å². The summed E-state index contributed by atoms with van der Waals surface area (Å²) in [6.07, 6.45) is 6.90. The minimum atomic E-state index is -0.388. The molecule has 0 unspecified atom stereocenters. The Bertz CT molecular complexity index is 345. The van der Waals surface area contributed by atoms with Crippen LogP contribution in [0.3, 0.4) is 0 Å². The summed E-state index contributed by atoms with van der Waals surface area (Å²) in [6, 6.07) is 0. The Morgan fingerprint density at radius 2 is 2.18 bits per heavy atom. The molecule has 0 fully saturated rings. The van der Waals surface area contributed by atoms with Crippen LogP contribution in [0, 0.1) is 0 Å². The average Bonchev–Trinajstić information content (AvgIpc) is 2.40. The van der Waals surface area contributed by atoms with Crippen LogP contribution in [0.4, 0.5) is 0 Å². The van der Waals surface area contributed by atoms with Gasteiger partial charge >= 0.3 is 0 Å². The van der Waals surface area contributed by atoms with Crippen LogP contribution in [0.1, 0.15) is 0 Å². The van der Waals surface area contributed by atoms with Gasteiger partial charge in [0.2, 0.25) is 5.91 Å². The molecule has 54 valence electrons. The smallest absolute Gasteiger partial charge is 0.248 e. The second kappa shape index (κ2) is 1.92. The van der Waals surface area contributed by atoms with E-state index in [2.05, 4.69) is 4.99 Å². The van der Waals surface area contributed by atoms with E-state index >= 15 is 0 Å². The van der Waals surface area contributed by atoms with Gasteiger partial charge in [-0.1, -0.05) is 0 Å². The highest BCUT2D eigenvalue weighted by Crippen LogP contribution is 2.25. The molecular weight excluding hydrogens is 140 g/mol. The molecule has 0 bridgehead atoms. The summed E-state index contributed by atoms with van der Waals surface area (Å²) < 4.78 is 0. The van der Waals surface area contributed by atoms with Crippen LogP contribution in [-0.2, 0) is 4.79 Å². The van der Waals surface area contributed by atoms with E-state index in [-0.39, 0.29) is 5.91 Å². The second-order valence-electron chi connectivity index (χ2n) is 2.43. The zero-order valence-corrected chi connectivity index (χ0v) is 5.74. The van der Waals surface area contributed by atoms with Gasteiger partial charge in [-0.15, -0.1) is 0 Å². The third-order valence-corrected chi connectivity index (χ3v) is 1.67. The largest absolute Gasteiger partial charge is 0.366 e. The Morgan fingerprint density at radius 1 is 1.36 bits per heavy atom. The Kier molecular flexibility index (Phi) is 1.06. The Hall–Kier alpha value is -1.64. The highest BCUT2D eigenvalue weighted by molar-refractivity contribution is 6.03. The monoisotopic (exact) mass is 146 g/mol. The van der Waals surface area contributed by atoms with E-state index in [1.807, 2.05) is 0 Å². The first-order valence-electron chi connectivity index (χ1n) is 3.24. The highest BCUT2D eigenvalue weighted by atomic mass is 16.1. The van der Waals surface area contributed by atoms with Crippen molar-refractivity contribution < 1.29 is 4.79 Å². The van der Waals surface area contributed by atoms with E-state index < -0.39 is 0 Å². The number of allylic oxidation sites excluding steroid dienone is 3. The van der Waals surface area contributed by atoms with Crippen molar-refractivity contribution >= 4 is 12.1 Å². The first-order valence-corrected chi connectivity index (χ1v) is 3.24. The summed E-state index contributed by atoms with van der Waals surface area (Å²) in [7, 11) is 0. The van der Waals surface area contributed by atoms with E-state index in [1.165, 1.54) is 0 Å². The van der Waals surface area contributed by atoms with Crippen molar-refractivity contribution in [3.05, 3.63) is 35.1 Å². The number of primary amides is 1. The molecule has 0 radical (unpaired) electrons. The van der Waals surface area contributed by atoms with Crippen molar-refractivity contribution in [1.29, 1.82) is 0 Å². The Morgan fingerprint density at radius 3 is 2.82 bits per heavy atom. The fourth-order valence-corrected chi connectivity index (χ4v) is 1.11. The standard InChI is InChI=1S/C8H6N2O/c9-8(11)5-1-6-3-10-4-7(6)2-5/h1-4H,(H2,9,11). The van der Waals surface area contributed by atoms with Crippen LogP contribution in [0.25, 0.3) is 0 Å². The maximum atomic E-state index is 10.7. The number of amides is 1. The van der Waals surface area contributed by atoms with Gasteiger partial charge in [-0.3, -0.25) is 9.79 Å². The number of rotatable bonds is 1. The molecule has 0 atom stereocenters. The topological polar surface area (TPSA) is 55.5 Å². The molecule has 0 saturated carbocycles. The number of hydrogen-bond acceptors (Lipinski definition) is 2. The predicted molar refractivity (Wildman–Crippen MR) is 41.9 cm³/mol. The molecule has 3 nitrogen and oxygen atoms in total. The predicted octanol–water partition coefficient (Wildman–Crippen LogP) is 0.306. The van der Waals surface area contributed by atoms with Gasteiger partial charge in [-0.2, -0.15) is 0 Å². The van der Waals surface area contributed by atoms with Crippen LogP contribution < -0.4 is 5.73 Å². The molecule has 1 aliphatic carbocycles. The average molecular weight is 146 g/mol. The molecule has 1 amide bonds. The van der Waals surface area contributed by atoms with Gasteiger partial charge in [0.1, 0.15) is 0 Å². The number of fused-ring (bicyclic) bond motifs is 1. The first kappa shape index (κ1) is 6.09. The number of aliphatic imine (C=N–C) groups is 1. The molecule has 0 spiro atoms. The molecular formula is C8H6N2O. The minimum absolute atomic E-state index is 0.388. The van der Waals surface area contributed by atoms with Gasteiger partial charge < -0.3 is 5.73 Å². The molecule has 1 aliphatic heterocycles. The van der Waals surface area contributed by atoms with Gasteiger partial charge in [-0.25, -0.2) is 0 Å². The molecule has 1 heterocycles. The number of nitrogens with zero attached hydrogens (tertiary/aromatic N) is 1. The third-order valence-electron chi connectivity index (χ3n) is 1.67. The van der Waals surface area contributed by atoms with Crippen LogP contribution in [0.2, 0.25) is 0 Å². The lowest BCUT2D eigenvalue weighted by Crippen LogP contribution is -2.11. The maximum absolute atomic E-state index is 10.7. The van der Waals surface area contributed by atoms with Gasteiger partial charge in [-0.05, 0) is 12.2 Å². The molecule has 2 aliphatic rings. The van der Waals surface area contributed by atoms with E-state index in [0.717, 1.165) is 11.1 Å². The van der Waals surface area contributed by atoms with Crippen molar-refractivity contribution in [2.45, 2.75) is 0 Å². The van der Waals surface area contributed by atoms with Crippen molar-refractivity contribution in [2.75, 3.05) is 0 Å². The summed E-state index contributed by atoms with van der Waals surface area (Å²) in [5.41, 5.74) is 7.57. The van der Waals surface area contributed by atoms with Crippen LogP contribution in [-0.4, -0.2) is 12.1 Å². The summed E-state index contributed by atoms with van der Waals surface area (Å²) >= 11 is 0.